The maximum Gasteiger partial charge on any atom is 0.136 e. The zero-order valence-electron chi connectivity index (χ0n) is 9.08. The summed E-state index contributed by atoms with van der Waals surface area (Å²) in [4.78, 5) is 13.3. The van der Waals surface area contributed by atoms with Gasteiger partial charge in [0.25, 0.3) is 0 Å². The second-order valence-electron chi connectivity index (χ2n) is 3.63. The minimum Gasteiger partial charge on any atom is -0.378 e. The molecule has 0 N–H and O–H groups in total. The van der Waals surface area contributed by atoms with Gasteiger partial charge in [0.05, 0.1) is 0 Å². The lowest BCUT2D eigenvalue weighted by atomic mass is 10.1. The Bertz CT molecular complexity index is 318. The molecule has 0 atom stereocenters. The number of ketones is 1. The zero-order chi connectivity index (χ0) is 10.6. The molecule has 0 fully saturated rings. The van der Waals surface area contributed by atoms with Gasteiger partial charge in [0.15, 0.2) is 0 Å². The molecule has 0 spiro atoms. The van der Waals surface area contributed by atoms with Gasteiger partial charge in [-0.15, -0.1) is 0 Å². The zero-order valence-corrected chi connectivity index (χ0v) is 9.08. The van der Waals surface area contributed by atoms with Gasteiger partial charge in [0.1, 0.15) is 5.78 Å². The van der Waals surface area contributed by atoms with Gasteiger partial charge in [0, 0.05) is 32.6 Å². The van der Waals surface area contributed by atoms with Gasteiger partial charge in [-0.05, 0) is 17.7 Å². The van der Waals surface area contributed by atoms with Crippen LogP contribution in [0.5, 0.6) is 0 Å². The van der Waals surface area contributed by atoms with Crippen molar-refractivity contribution in [1.82, 2.24) is 0 Å². The molecule has 0 aromatic heterocycles. The van der Waals surface area contributed by atoms with Crippen LogP contribution >= 0.6 is 0 Å². The first-order valence-electron chi connectivity index (χ1n) is 4.91. The SMILES string of the molecule is CCC(=O)Cc1cccc(N(C)C)c1. The first-order valence-corrected chi connectivity index (χ1v) is 4.91. The molecule has 0 amide bonds. The summed E-state index contributed by atoms with van der Waals surface area (Å²) in [5, 5.41) is 0. The summed E-state index contributed by atoms with van der Waals surface area (Å²) in [6.07, 6.45) is 1.17. The summed E-state index contributed by atoms with van der Waals surface area (Å²) >= 11 is 0. The Morgan fingerprint density at radius 1 is 1.36 bits per heavy atom. The molecule has 1 aromatic carbocycles. The van der Waals surface area contributed by atoms with Gasteiger partial charge >= 0.3 is 0 Å². The van der Waals surface area contributed by atoms with E-state index in [0.717, 1.165) is 11.3 Å². The second kappa shape index (κ2) is 4.80. The Morgan fingerprint density at radius 3 is 2.64 bits per heavy atom. The van der Waals surface area contributed by atoms with E-state index >= 15 is 0 Å². The highest BCUT2D eigenvalue weighted by molar-refractivity contribution is 5.80. The molecule has 2 heteroatoms. The van der Waals surface area contributed by atoms with E-state index in [0.29, 0.717) is 18.6 Å². The standard InChI is InChI=1S/C12H17NO/c1-4-12(14)9-10-6-5-7-11(8-10)13(2)3/h5-8H,4,9H2,1-3H3. The lowest BCUT2D eigenvalue weighted by Gasteiger charge is -2.13. The van der Waals surface area contributed by atoms with Crippen LogP contribution < -0.4 is 4.90 Å². The van der Waals surface area contributed by atoms with Gasteiger partial charge in [-0.25, -0.2) is 0 Å². The highest BCUT2D eigenvalue weighted by Crippen LogP contribution is 2.14. The van der Waals surface area contributed by atoms with Crippen LogP contribution in [0, 0.1) is 0 Å². The van der Waals surface area contributed by atoms with Crippen molar-refractivity contribution in [1.29, 1.82) is 0 Å². The third-order valence-corrected chi connectivity index (χ3v) is 2.22. The molecule has 2 nitrogen and oxygen atoms in total. The average molecular weight is 191 g/mol. The monoisotopic (exact) mass is 191 g/mol. The number of hydrogen-bond acceptors (Lipinski definition) is 2. The lowest BCUT2D eigenvalue weighted by Crippen LogP contribution is -2.09. The van der Waals surface area contributed by atoms with Crippen molar-refractivity contribution in [3.63, 3.8) is 0 Å². The molecule has 0 aliphatic rings. The number of carbonyl (C=O) groups excluding carboxylic acids is 1. The van der Waals surface area contributed by atoms with Crippen molar-refractivity contribution in [2.75, 3.05) is 19.0 Å². The summed E-state index contributed by atoms with van der Waals surface area (Å²) in [6, 6.07) is 8.10. The predicted octanol–water partition coefficient (Wildman–Crippen LogP) is 2.27. The fourth-order valence-corrected chi connectivity index (χ4v) is 1.30. The number of anilines is 1. The van der Waals surface area contributed by atoms with Crippen LogP contribution in [0.3, 0.4) is 0 Å². The van der Waals surface area contributed by atoms with Crippen LogP contribution in [0.25, 0.3) is 0 Å². The van der Waals surface area contributed by atoms with Gasteiger partial charge in [-0.1, -0.05) is 19.1 Å². The Balaban J connectivity index is 2.78. The molecular weight excluding hydrogens is 174 g/mol. The normalized spacial score (nSPS) is 9.93. The minimum atomic E-state index is 0.293. The molecule has 14 heavy (non-hydrogen) atoms. The van der Waals surface area contributed by atoms with E-state index in [1.807, 2.05) is 44.1 Å². The minimum absolute atomic E-state index is 0.293. The molecule has 0 unspecified atom stereocenters. The Kier molecular flexibility index (Phi) is 3.69. The average Bonchev–Trinajstić information content (AvgIpc) is 2.18. The first-order chi connectivity index (χ1) is 6.63. The Morgan fingerprint density at radius 2 is 2.07 bits per heavy atom. The fourth-order valence-electron chi connectivity index (χ4n) is 1.30. The summed E-state index contributed by atoms with van der Waals surface area (Å²) in [7, 11) is 4.00. The second-order valence-corrected chi connectivity index (χ2v) is 3.63. The smallest absolute Gasteiger partial charge is 0.136 e. The predicted molar refractivity (Wildman–Crippen MR) is 59.8 cm³/mol. The number of carbonyl (C=O) groups is 1. The third kappa shape index (κ3) is 2.87. The topological polar surface area (TPSA) is 20.3 Å². The lowest BCUT2D eigenvalue weighted by molar-refractivity contribution is -0.118. The Labute approximate surface area is 85.5 Å². The number of nitrogens with zero attached hydrogens (tertiary/aromatic N) is 1. The Hall–Kier alpha value is -1.31. The summed E-state index contributed by atoms with van der Waals surface area (Å²) in [5.41, 5.74) is 2.24. The molecule has 1 rings (SSSR count). The number of hydrogen-bond donors (Lipinski definition) is 0. The van der Waals surface area contributed by atoms with E-state index in [4.69, 9.17) is 0 Å². The highest BCUT2D eigenvalue weighted by Gasteiger charge is 2.02. The van der Waals surface area contributed by atoms with E-state index in [2.05, 4.69) is 6.07 Å². The van der Waals surface area contributed by atoms with E-state index in [1.54, 1.807) is 0 Å². The molecule has 0 bridgehead atoms. The molecule has 0 saturated carbocycles. The maximum absolute atomic E-state index is 11.2. The molecule has 0 radical (unpaired) electrons. The van der Waals surface area contributed by atoms with E-state index < -0.39 is 0 Å². The molecule has 76 valence electrons. The highest BCUT2D eigenvalue weighted by atomic mass is 16.1. The molecule has 0 saturated heterocycles. The number of rotatable bonds is 4. The summed E-state index contributed by atoms with van der Waals surface area (Å²) in [5.74, 6) is 0.293. The van der Waals surface area contributed by atoms with Crippen LogP contribution in [-0.2, 0) is 11.2 Å². The quantitative estimate of drug-likeness (QED) is 0.727. The fraction of sp³-hybridized carbons (Fsp3) is 0.417. The van der Waals surface area contributed by atoms with E-state index in [1.165, 1.54) is 0 Å². The molecule has 0 heterocycles. The van der Waals surface area contributed by atoms with E-state index in [-0.39, 0.29) is 0 Å². The number of Topliss-reactive ketones (excluding diaryl/α,β-unsaturated/α-hetero) is 1. The van der Waals surface area contributed by atoms with Crippen molar-refractivity contribution >= 4 is 11.5 Å². The van der Waals surface area contributed by atoms with Crippen molar-refractivity contribution in [3.8, 4) is 0 Å². The van der Waals surface area contributed by atoms with Crippen molar-refractivity contribution in [2.24, 2.45) is 0 Å². The molecule has 1 aromatic rings. The van der Waals surface area contributed by atoms with Gasteiger partial charge < -0.3 is 4.90 Å². The van der Waals surface area contributed by atoms with Crippen LogP contribution in [0.4, 0.5) is 5.69 Å². The number of benzene rings is 1. The molecule has 0 aliphatic heterocycles. The van der Waals surface area contributed by atoms with Crippen molar-refractivity contribution < 1.29 is 4.79 Å². The maximum atomic E-state index is 11.2. The van der Waals surface area contributed by atoms with Gasteiger partial charge in [-0.2, -0.15) is 0 Å². The van der Waals surface area contributed by atoms with E-state index in [9.17, 15) is 4.79 Å². The molecular formula is C12H17NO. The largest absolute Gasteiger partial charge is 0.378 e. The van der Waals surface area contributed by atoms with Crippen LogP contribution in [-0.4, -0.2) is 19.9 Å². The summed E-state index contributed by atoms with van der Waals surface area (Å²) in [6.45, 7) is 1.90. The van der Waals surface area contributed by atoms with Crippen LogP contribution in [0.15, 0.2) is 24.3 Å². The third-order valence-electron chi connectivity index (χ3n) is 2.22. The van der Waals surface area contributed by atoms with Crippen LogP contribution in [0.1, 0.15) is 18.9 Å². The summed E-state index contributed by atoms with van der Waals surface area (Å²) < 4.78 is 0. The van der Waals surface area contributed by atoms with Gasteiger partial charge in [0.2, 0.25) is 0 Å². The van der Waals surface area contributed by atoms with Gasteiger partial charge in [-0.3, -0.25) is 4.79 Å². The van der Waals surface area contributed by atoms with Crippen LogP contribution in [0.2, 0.25) is 0 Å². The van der Waals surface area contributed by atoms with Crippen molar-refractivity contribution in [2.45, 2.75) is 19.8 Å². The van der Waals surface area contributed by atoms with Crippen molar-refractivity contribution in [3.05, 3.63) is 29.8 Å². The molecule has 0 aliphatic carbocycles. The first kappa shape index (κ1) is 10.8.